The van der Waals surface area contributed by atoms with E-state index in [0.29, 0.717) is 6.42 Å². The highest BCUT2D eigenvalue weighted by molar-refractivity contribution is 5.90. The molecule has 0 radical (unpaired) electrons. The Morgan fingerprint density at radius 1 is 1.31 bits per heavy atom. The van der Waals surface area contributed by atoms with Gasteiger partial charge in [0.05, 0.1) is 0 Å². The second-order valence-electron chi connectivity index (χ2n) is 4.24. The summed E-state index contributed by atoms with van der Waals surface area (Å²) in [6.07, 6.45) is 4.10. The lowest BCUT2D eigenvalue weighted by Crippen LogP contribution is -2.18. The zero-order valence-electron chi connectivity index (χ0n) is 9.68. The first-order valence-electron chi connectivity index (χ1n) is 5.86. The Labute approximate surface area is 96.2 Å². The maximum atomic E-state index is 11.5. The van der Waals surface area contributed by atoms with Crippen LogP contribution < -0.4 is 10.6 Å². The van der Waals surface area contributed by atoms with Crippen molar-refractivity contribution in [2.75, 3.05) is 18.9 Å². The monoisotopic (exact) mass is 218 g/mol. The van der Waals surface area contributed by atoms with Crippen molar-refractivity contribution < 1.29 is 4.79 Å². The molecule has 0 spiro atoms. The van der Waals surface area contributed by atoms with Crippen LogP contribution in [0.5, 0.6) is 0 Å². The summed E-state index contributed by atoms with van der Waals surface area (Å²) in [4.78, 5) is 11.5. The molecule has 1 aromatic carbocycles. The van der Waals surface area contributed by atoms with Gasteiger partial charge in [-0.05, 0) is 49.6 Å². The number of fused-ring (bicyclic) bond motifs is 1. The summed E-state index contributed by atoms with van der Waals surface area (Å²) in [7, 11) is 1.85. The van der Waals surface area contributed by atoms with Crippen molar-refractivity contribution in [2.24, 2.45) is 0 Å². The molecule has 1 aliphatic rings. The number of rotatable bonds is 4. The van der Waals surface area contributed by atoms with E-state index in [0.717, 1.165) is 18.7 Å². The fourth-order valence-electron chi connectivity index (χ4n) is 2.11. The predicted octanol–water partition coefficient (Wildman–Crippen LogP) is 1.72. The number of carbonyl (C=O) groups excluding carboxylic acids is 1. The minimum atomic E-state index is 0.0762. The predicted molar refractivity (Wildman–Crippen MR) is 65.6 cm³/mol. The molecule has 16 heavy (non-hydrogen) atoms. The Bertz CT molecular complexity index is 388. The first-order valence-corrected chi connectivity index (χ1v) is 5.86. The van der Waals surface area contributed by atoms with Gasteiger partial charge in [-0.2, -0.15) is 0 Å². The summed E-state index contributed by atoms with van der Waals surface area (Å²) < 4.78 is 0. The maximum absolute atomic E-state index is 11.5. The largest absolute Gasteiger partial charge is 0.326 e. The van der Waals surface area contributed by atoms with Gasteiger partial charge < -0.3 is 10.6 Å². The van der Waals surface area contributed by atoms with Crippen molar-refractivity contribution in [3.8, 4) is 0 Å². The van der Waals surface area contributed by atoms with Crippen molar-refractivity contribution in [1.29, 1.82) is 0 Å². The third-order valence-corrected chi connectivity index (χ3v) is 2.98. The standard InChI is InChI=1S/C13H18N2O/c1-14-8-7-13(16)15-12-6-5-10-3-2-4-11(10)9-12/h5-6,9,14H,2-4,7-8H2,1H3,(H,15,16). The normalized spacial score (nSPS) is 13.6. The van der Waals surface area contributed by atoms with E-state index >= 15 is 0 Å². The average Bonchev–Trinajstić information content (AvgIpc) is 2.73. The minimum absolute atomic E-state index is 0.0762. The van der Waals surface area contributed by atoms with E-state index in [1.54, 1.807) is 0 Å². The molecule has 0 unspecified atom stereocenters. The smallest absolute Gasteiger partial charge is 0.225 e. The van der Waals surface area contributed by atoms with E-state index in [1.165, 1.54) is 24.0 Å². The molecule has 0 saturated carbocycles. The quantitative estimate of drug-likeness (QED) is 0.808. The van der Waals surface area contributed by atoms with Crippen LogP contribution in [0.4, 0.5) is 5.69 Å². The highest BCUT2D eigenvalue weighted by Crippen LogP contribution is 2.24. The summed E-state index contributed by atoms with van der Waals surface area (Å²) >= 11 is 0. The molecular weight excluding hydrogens is 200 g/mol. The van der Waals surface area contributed by atoms with Crippen LogP contribution in [0.3, 0.4) is 0 Å². The molecular formula is C13H18N2O. The number of anilines is 1. The Morgan fingerprint density at radius 3 is 2.94 bits per heavy atom. The summed E-state index contributed by atoms with van der Waals surface area (Å²) in [6.45, 7) is 0.719. The molecule has 1 amide bonds. The van der Waals surface area contributed by atoms with Gasteiger partial charge in [0.1, 0.15) is 0 Å². The lowest BCUT2D eigenvalue weighted by atomic mass is 10.1. The first-order chi connectivity index (χ1) is 7.79. The van der Waals surface area contributed by atoms with Crippen LogP contribution in [0.1, 0.15) is 24.0 Å². The Kier molecular flexibility index (Phi) is 3.57. The molecule has 2 rings (SSSR count). The number of aryl methyl sites for hydroxylation is 2. The molecule has 0 heterocycles. The van der Waals surface area contributed by atoms with Crippen molar-refractivity contribution in [1.82, 2.24) is 5.32 Å². The Balaban J connectivity index is 1.97. The topological polar surface area (TPSA) is 41.1 Å². The van der Waals surface area contributed by atoms with E-state index in [4.69, 9.17) is 0 Å². The Hall–Kier alpha value is -1.35. The van der Waals surface area contributed by atoms with Crippen molar-refractivity contribution in [3.05, 3.63) is 29.3 Å². The van der Waals surface area contributed by atoms with Crippen LogP contribution >= 0.6 is 0 Å². The van der Waals surface area contributed by atoms with Crippen molar-refractivity contribution in [2.45, 2.75) is 25.7 Å². The van der Waals surface area contributed by atoms with Gasteiger partial charge >= 0.3 is 0 Å². The molecule has 0 fully saturated rings. The van der Waals surface area contributed by atoms with Crippen LogP contribution in [0, 0.1) is 0 Å². The van der Waals surface area contributed by atoms with Crippen molar-refractivity contribution >= 4 is 11.6 Å². The van der Waals surface area contributed by atoms with Crippen LogP contribution in [0.2, 0.25) is 0 Å². The second kappa shape index (κ2) is 5.12. The van der Waals surface area contributed by atoms with Gasteiger partial charge in [-0.25, -0.2) is 0 Å². The van der Waals surface area contributed by atoms with Gasteiger partial charge in [0.15, 0.2) is 0 Å². The minimum Gasteiger partial charge on any atom is -0.326 e. The van der Waals surface area contributed by atoms with E-state index < -0.39 is 0 Å². The zero-order valence-corrected chi connectivity index (χ0v) is 9.68. The summed E-state index contributed by atoms with van der Waals surface area (Å²) in [5, 5.41) is 5.89. The number of benzene rings is 1. The maximum Gasteiger partial charge on any atom is 0.225 e. The molecule has 3 heteroatoms. The van der Waals surface area contributed by atoms with Crippen molar-refractivity contribution in [3.63, 3.8) is 0 Å². The molecule has 0 saturated heterocycles. The number of nitrogens with one attached hydrogen (secondary N) is 2. The second-order valence-corrected chi connectivity index (χ2v) is 4.24. The molecule has 2 N–H and O–H groups in total. The van der Waals surface area contributed by atoms with Crippen LogP contribution in [0.15, 0.2) is 18.2 Å². The van der Waals surface area contributed by atoms with Gasteiger partial charge in [0.2, 0.25) is 5.91 Å². The van der Waals surface area contributed by atoms with Gasteiger partial charge in [0.25, 0.3) is 0 Å². The number of amides is 1. The molecule has 1 aliphatic carbocycles. The lowest BCUT2D eigenvalue weighted by molar-refractivity contribution is -0.116. The molecule has 1 aromatic rings. The fourth-order valence-corrected chi connectivity index (χ4v) is 2.11. The number of hydrogen-bond donors (Lipinski definition) is 2. The molecule has 0 bridgehead atoms. The van der Waals surface area contributed by atoms with E-state index in [1.807, 2.05) is 13.1 Å². The number of carbonyl (C=O) groups is 1. The number of hydrogen-bond acceptors (Lipinski definition) is 2. The highest BCUT2D eigenvalue weighted by atomic mass is 16.1. The molecule has 0 aliphatic heterocycles. The SMILES string of the molecule is CNCCC(=O)Nc1ccc2c(c1)CCC2. The fraction of sp³-hybridized carbons (Fsp3) is 0.462. The highest BCUT2D eigenvalue weighted by Gasteiger charge is 2.11. The third kappa shape index (κ3) is 2.61. The summed E-state index contributed by atoms with van der Waals surface area (Å²) in [5.41, 5.74) is 3.77. The third-order valence-electron chi connectivity index (χ3n) is 2.98. The van der Waals surface area contributed by atoms with E-state index in [-0.39, 0.29) is 5.91 Å². The van der Waals surface area contributed by atoms with Gasteiger partial charge in [-0.1, -0.05) is 6.07 Å². The van der Waals surface area contributed by atoms with Gasteiger partial charge in [0, 0.05) is 18.7 Å². The lowest BCUT2D eigenvalue weighted by Gasteiger charge is -2.07. The van der Waals surface area contributed by atoms with Crippen LogP contribution in [-0.2, 0) is 17.6 Å². The Morgan fingerprint density at radius 2 is 2.12 bits per heavy atom. The van der Waals surface area contributed by atoms with Crippen LogP contribution in [-0.4, -0.2) is 19.5 Å². The average molecular weight is 218 g/mol. The molecule has 86 valence electrons. The molecule has 0 atom stereocenters. The first kappa shape index (κ1) is 11.1. The summed E-state index contributed by atoms with van der Waals surface area (Å²) in [6, 6.07) is 6.25. The van der Waals surface area contributed by atoms with E-state index in [2.05, 4.69) is 22.8 Å². The van der Waals surface area contributed by atoms with Gasteiger partial charge in [-0.3, -0.25) is 4.79 Å². The van der Waals surface area contributed by atoms with Crippen LogP contribution in [0.25, 0.3) is 0 Å². The van der Waals surface area contributed by atoms with Gasteiger partial charge in [-0.15, -0.1) is 0 Å². The molecule has 3 nitrogen and oxygen atoms in total. The summed E-state index contributed by atoms with van der Waals surface area (Å²) in [5.74, 6) is 0.0762. The zero-order chi connectivity index (χ0) is 11.4. The van der Waals surface area contributed by atoms with E-state index in [9.17, 15) is 4.79 Å². The molecule has 0 aromatic heterocycles.